The highest BCUT2D eigenvalue weighted by atomic mass is 16.7. The maximum atomic E-state index is 11.6. The molecule has 100 valence electrons. The van der Waals surface area contributed by atoms with Crippen molar-refractivity contribution in [2.45, 2.75) is 39.9 Å². The van der Waals surface area contributed by atoms with Crippen LogP contribution in [0.2, 0.25) is 0 Å². The molecule has 0 aromatic rings. The summed E-state index contributed by atoms with van der Waals surface area (Å²) in [5, 5.41) is 0. The summed E-state index contributed by atoms with van der Waals surface area (Å²) in [5.41, 5.74) is 0. The van der Waals surface area contributed by atoms with Crippen molar-refractivity contribution in [2.24, 2.45) is 5.92 Å². The quantitative estimate of drug-likeness (QED) is 0.638. The van der Waals surface area contributed by atoms with E-state index in [9.17, 15) is 4.79 Å². The molecule has 0 bridgehead atoms. The minimum Gasteiger partial charge on any atom is -0.352 e. The number of nitrogens with zero attached hydrogens (tertiary/aromatic N) is 1. The summed E-state index contributed by atoms with van der Waals surface area (Å²) in [6.45, 7) is 9.81. The molecule has 1 saturated heterocycles. The number of ether oxygens (including phenoxy) is 2. The Morgan fingerprint density at radius 2 is 1.94 bits per heavy atom. The molecule has 1 heterocycles. The molecule has 0 aromatic carbocycles. The normalized spacial score (nSPS) is 22.4. The first-order valence-corrected chi connectivity index (χ1v) is 6.69. The topological polar surface area (TPSA) is 38.8 Å². The third-order valence-corrected chi connectivity index (χ3v) is 3.21. The molecule has 17 heavy (non-hydrogen) atoms. The molecule has 0 saturated carbocycles. The molecule has 0 N–H and O–H groups in total. The van der Waals surface area contributed by atoms with Crippen molar-refractivity contribution in [2.75, 3.05) is 32.8 Å². The van der Waals surface area contributed by atoms with E-state index in [-0.39, 0.29) is 12.2 Å². The Labute approximate surface area is 104 Å². The van der Waals surface area contributed by atoms with E-state index in [0.717, 1.165) is 26.1 Å². The van der Waals surface area contributed by atoms with Crippen molar-refractivity contribution >= 4 is 5.78 Å². The minimum atomic E-state index is -0.157. The molecule has 1 fully saturated rings. The molecule has 0 aromatic heterocycles. The van der Waals surface area contributed by atoms with Gasteiger partial charge in [0.1, 0.15) is 5.78 Å². The fourth-order valence-electron chi connectivity index (χ4n) is 2.24. The fourth-order valence-corrected chi connectivity index (χ4v) is 2.24. The van der Waals surface area contributed by atoms with Gasteiger partial charge in [-0.2, -0.15) is 0 Å². The number of ketones is 1. The number of carbonyl (C=O) groups is 1. The van der Waals surface area contributed by atoms with Crippen LogP contribution < -0.4 is 0 Å². The van der Waals surface area contributed by atoms with Crippen molar-refractivity contribution in [3.63, 3.8) is 0 Å². The van der Waals surface area contributed by atoms with Crippen LogP contribution in [0.5, 0.6) is 0 Å². The number of rotatable bonds is 7. The van der Waals surface area contributed by atoms with Gasteiger partial charge in [0.25, 0.3) is 0 Å². The summed E-state index contributed by atoms with van der Waals surface area (Å²) in [7, 11) is 0. The molecule has 0 radical (unpaired) electrons. The van der Waals surface area contributed by atoms with Crippen LogP contribution in [0.1, 0.15) is 33.6 Å². The van der Waals surface area contributed by atoms with E-state index in [2.05, 4.69) is 11.8 Å². The van der Waals surface area contributed by atoms with Gasteiger partial charge < -0.3 is 9.47 Å². The van der Waals surface area contributed by atoms with Gasteiger partial charge in [-0.1, -0.05) is 6.92 Å². The Hall–Kier alpha value is -0.450. The van der Waals surface area contributed by atoms with E-state index >= 15 is 0 Å². The first-order valence-electron chi connectivity index (χ1n) is 6.69. The number of Topliss-reactive ketones (excluding diaryl/α,β-unsaturated/α-hetero) is 1. The molecule has 4 heteroatoms. The van der Waals surface area contributed by atoms with Gasteiger partial charge in [-0.25, -0.2) is 0 Å². The van der Waals surface area contributed by atoms with Gasteiger partial charge in [0.2, 0.25) is 0 Å². The van der Waals surface area contributed by atoms with Crippen LogP contribution in [-0.2, 0) is 14.3 Å². The Balaban J connectivity index is 2.41. The van der Waals surface area contributed by atoms with Gasteiger partial charge in [0, 0.05) is 45.2 Å². The standard InChI is InChI=1S/C13H25NO3/c1-4-11-9-14(8-7-12(11)15)10-13(16-5-2)17-6-3/h11,13H,4-10H2,1-3H3. The van der Waals surface area contributed by atoms with Crippen molar-refractivity contribution < 1.29 is 14.3 Å². The van der Waals surface area contributed by atoms with Crippen molar-refractivity contribution in [3.05, 3.63) is 0 Å². The monoisotopic (exact) mass is 243 g/mol. The Kier molecular flexibility index (Phi) is 6.70. The molecule has 4 nitrogen and oxygen atoms in total. The number of carbonyl (C=O) groups excluding carboxylic acids is 1. The predicted octanol–water partition coefficient (Wildman–Crippen LogP) is 1.69. The van der Waals surface area contributed by atoms with Gasteiger partial charge in [-0.3, -0.25) is 9.69 Å². The maximum Gasteiger partial charge on any atom is 0.170 e. The Morgan fingerprint density at radius 1 is 1.29 bits per heavy atom. The van der Waals surface area contributed by atoms with Crippen LogP contribution >= 0.6 is 0 Å². The summed E-state index contributed by atoms with van der Waals surface area (Å²) >= 11 is 0. The second-order valence-corrected chi connectivity index (χ2v) is 4.42. The molecule has 1 rings (SSSR count). The number of piperidine rings is 1. The maximum absolute atomic E-state index is 11.6. The molecule has 1 unspecified atom stereocenters. The van der Waals surface area contributed by atoms with Crippen LogP contribution in [0.3, 0.4) is 0 Å². The van der Waals surface area contributed by atoms with Crippen LogP contribution in [0.15, 0.2) is 0 Å². The number of hydrogen-bond acceptors (Lipinski definition) is 4. The largest absolute Gasteiger partial charge is 0.352 e. The lowest BCUT2D eigenvalue weighted by molar-refractivity contribution is -0.152. The van der Waals surface area contributed by atoms with E-state index in [1.165, 1.54) is 0 Å². The third kappa shape index (κ3) is 4.74. The van der Waals surface area contributed by atoms with E-state index in [1.807, 2.05) is 13.8 Å². The summed E-state index contributed by atoms with van der Waals surface area (Å²) in [5.74, 6) is 0.612. The van der Waals surface area contributed by atoms with Gasteiger partial charge in [0.15, 0.2) is 6.29 Å². The first-order chi connectivity index (χ1) is 8.21. The zero-order valence-electron chi connectivity index (χ0n) is 11.3. The lowest BCUT2D eigenvalue weighted by Crippen LogP contribution is -2.45. The molecule has 1 atom stereocenters. The molecule has 0 aliphatic carbocycles. The summed E-state index contributed by atoms with van der Waals surface area (Å²) in [6, 6.07) is 0. The highest BCUT2D eigenvalue weighted by Crippen LogP contribution is 2.16. The van der Waals surface area contributed by atoms with Crippen LogP contribution in [0.4, 0.5) is 0 Å². The average molecular weight is 243 g/mol. The van der Waals surface area contributed by atoms with Crippen LogP contribution in [-0.4, -0.2) is 49.8 Å². The Bertz CT molecular complexity index is 227. The molecule has 1 aliphatic heterocycles. The summed E-state index contributed by atoms with van der Waals surface area (Å²) in [6.07, 6.45) is 1.45. The lowest BCUT2D eigenvalue weighted by atomic mass is 9.94. The van der Waals surface area contributed by atoms with E-state index in [4.69, 9.17) is 9.47 Å². The highest BCUT2D eigenvalue weighted by Gasteiger charge is 2.27. The zero-order chi connectivity index (χ0) is 12.7. The van der Waals surface area contributed by atoms with Gasteiger partial charge in [0.05, 0.1) is 0 Å². The molecular formula is C13H25NO3. The average Bonchev–Trinajstić information content (AvgIpc) is 2.32. The van der Waals surface area contributed by atoms with Crippen LogP contribution in [0.25, 0.3) is 0 Å². The highest BCUT2D eigenvalue weighted by molar-refractivity contribution is 5.82. The zero-order valence-corrected chi connectivity index (χ0v) is 11.3. The molecule has 0 spiro atoms. The number of likely N-dealkylation sites (tertiary alicyclic amines) is 1. The van der Waals surface area contributed by atoms with Gasteiger partial charge in [-0.05, 0) is 20.3 Å². The Morgan fingerprint density at radius 3 is 2.47 bits per heavy atom. The first kappa shape index (κ1) is 14.6. The SMILES string of the molecule is CCOC(CN1CCC(=O)C(CC)C1)OCC. The summed E-state index contributed by atoms with van der Waals surface area (Å²) < 4.78 is 11.1. The fraction of sp³-hybridized carbons (Fsp3) is 0.923. The van der Waals surface area contributed by atoms with Crippen molar-refractivity contribution in [3.8, 4) is 0 Å². The van der Waals surface area contributed by atoms with Crippen LogP contribution in [0, 0.1) is 5.92 Å². The van der Waals surface area contributed by atoms with E-state index < -0.39 is 0 Å². The van der Waals surface area contributed by atoms with Crippen molar-refractivity contribution in [1.29, 1.82) is 0 Å². The predicted molar refractivity (Wildman–Crippen MR) is 66.9 cm³/mol. The minimum absolute atomic E-state index is 0.157. The second kappa shape index (κ2) is 7.80. The van der Waals surface area contributed by atoms with Gasteiger partial charge in [-0.15, -0.1) is 0 Å². The number of hydrogen-bond donors (Lipinski definition) is 0. The van der Waals surface area contributed by atoms with Crippen molar-refractivity contribution in [1.82, 2.24) is 4.90 Å². The van der Waals surface area contributed by atoms with Gasteiger partial charge >= 0.3 is 0 Å². The third-order valence-electron chi connectivity index (χ3n) is 3.21. The second-order valence-electron chi connectivity index (χ2n) is 4.42. The van der Waals surface area contributed by atoms with E-state index in [0.29, 0.717) is 25.4 Å². The lowest BCUT2D eigenvalue weighted by Gasteiger charge is -2.33. The molecule has 0 amide bonds. The molecule has 1 aliphatic rings. The molecular weight excluding hydrogens is 218 g/mol. The summed E-state index contributed by atoms with van der Waals surface area (Å²) in [4.78, 5) is 13.9. The smallest absolute Gasteiger partial charge is 0.170 e. The van der Waals surface area contributed by atoms with E-state index in [1.54, 1.807) is 0 Å².